The van der Waals surface area contributed by atoms with Crippen LogP contribution < -0.4 is 10.1 Å². The molecule has 0 aliphatic carbocycles. The first-order valence-corrected chi connectivity index (χ1v) is 6.53. The van der Waals surface area contributed by atoms with Crippen LogP contribution in [-0.2, 0) is 6.54 Å². The molecule has 1 N–H and O–H groups in total. The first kappa shape index (κ1) is 12.4. The highest BCUT2D eigenvalue weighted by molar-refractivity contribution is 14.1. The van der Waals surface area contributed by atoms with Gasteiger partial charge in [-0.15, -0.1) is 0 Å². The zero-order valence-electron chi connectivity index (χ0n) is 9.61. The van der Waals surface area contributed by atoms with Crippen LogP contribution in [0.5, 0.6) is 11.5 Å². The fraction of sp³-hybridized carbons (Fsp3) is 0.143. The van der Waals surface area contributed by atoms with Gasteiger partial charge in [-0.1, -0.05) is 12.1 Å². The van der Waals surface area contributed by atoms with Crippen molar-refractivity contribution in [2.75, 3.05) is 7.05 Å². The minimum atomic E-state index is 0.851. The molecule has 0 aliphatic heterocycles. The van der Waals surface area contributed by atoms with Crippen LogP contribution in [0.4, 0.5) is 0 Å². The zero-order chi connectivity index (χ0) is 12.1. The monoisotopic (exact) mass is 339 g/mol. The van der Waals surface area contributed by atoms with Crippen LogP contribution in [0.3, 0.4) is 0 Å². The van der Waals surface area contributed by atoms with Crippen molar-refractivity contribution in [2.24, 2.45) is 0 Å². The molecule has 0 saturated heterocycles. The fourth-order valence-corrected chi connectivity index (χ4v) is 1.92. The number of nitrogens with one attached hydrogen (secondary N) is 1. The molecule has 3 heteroatoms. The summed E-state index contributed by atoms with van der Waals surface area (Å²) in [5.41, 5.74) is 1.22. The Kier molecular flexibility index (Phi) is 4.39. The molecule has 0 aliphatic rings. The van der Waals surface area contributed by atoms with Crippen LogP contribution in [0.15, 0.2) is 48.5 Å². The summed E-state index contributed by atoms with van der Waals surface area (Å²) in [6.07, 6.45) is 0. The van der Waals surface area contributed by atoms with E-state index in [-0.39, 0.29) is 0 Å². The van der Waals surface area contributed by atoms with Gasteiger partial charge in [0.2, 0.25) is 0 Å². The largest absolute Gasteiger partial charge is 0.457 e. The molecule has 0 unspecified atom stereocenters. The van der Waals surface area contributed by atoms with Crippen molar-refractivity contribution >= 4 is 22.6 Å². The van der Waals surface area contributed by atoms with Crippen molar-refractivity contribution in [3.05, 3.63) is 57.7 Å². The predicted octanol–water partition coefficient (Wildman–Crippen LogP) is 3.80. The molecular weight excluding hydrogens is 325 g/mol. The molecule has 0 fully saturated rings. The second kappa shape index (κ2) is 6.02. The van der Waals surface area contributed by atoms with Crippen LogP contribution in [0, 0.1) is 3.57 Å². The molecule has 2 aromatic rings. The summed E-state index contributed by atoms with van der Waals surface area (Å²) in [5, 5.41) is 3.13. The molecule has 0 radical (unpaired) electrons. The third kappa shape index (κ3) is 3.71. The predicted molar refractivity (Wildman–Crippen MR) is 78.4 cm³/mol. The highest BCUT2D eigenvalue weighted by atomic mass is 127. The normalized spacial score (nSPS) is 10.2. The lowest BCUT2D eigenvalue weighted by Crippen LogP contribution is -2.04. The highest BCUT2D eigenvalue weighted by Crippen LogP contribution is 2.22. The number of hydrogen-bond acceptors (Lipinski definition) is 2. The Labute approximate surface area is 115 Å². The highest BCUT2D eigenvalue weighted by Gasteiger charge is 1.98. The molecule has 0 amide bonds. The van der Waals surface area contributed by atoms with Gasteiger partial charge in [0.05, 0.1) is 0 Å². The molecule has 17 heavy (non-hydrogen) atoms. The Morgan fingerprint density at radius 3 is 2.53 bits per heavy atom. The Balaban J connectivity index is 2.12. The number of benzene rings is 2. The maximum absolute atomic E-state index is 5.79. The Bertz CT molecular complexity index is 482. The van der Waals surface area contributed by atoms with Gasteiger partial charge >= 0.3 is 0 Å². The molecule has 88 valence electrons. The summed E-state index contributed by atoms with van der Waals surface area (Å²) in [6, 6.07) is 16.1. The summed E-state index contributed by atoms with van der Waals surface area (Å²) in [4.78, 5) is 0. The minimum absolute atomic E-state index is 0.851. The van der Waals surface area contributed by atoms with Gasteiger partial charge in [-0.25, -0.2) is 0 Å². The van der Waals surface area contributed by atoms with Gasteiger partial charge in [0.15, 0.2) is 0 Å². The molecular formula is C14H14INO. The van der Waals surface area contributed by atoms with Crippen molar-refractivity contribution in [1.29, 1.82) is 0 Å². The standard InChI is InChI=1S/C14H14INO/c1-16-10-11-3-2-4-14(9-11)17-13-7-5-12(15)6-8-13/h2-9,16H,10H2,1H3. The van der Waals surface area contributed by atoms with Gasteiger partial charge < -0.3 is 10.1 Å². The molecule has 0 atom stereocenters. The van der Waals surface area contributed by atoms with E-state index in [1.54, 1.807) is 0 Å². The average molecular weight is 339 g/mol. The van der Waals surface area contributed by atoms with Crippen molar-refractivity contribution in [3.63, 3.8) is 0 Å². The number of rotatable bonds is 4. The van der Waals surface area contributed by atoms with Gasteiger partial charge in [-0.05, 0) is 71.6 Å². The van der Waals surface area contributed by atoms with E-state index in [4.69, 9.17) is 4.74 Å². The van der Waals surface area contributed by atoms with Gasteiger partial charge in [0.1, 0.15) is 11.5 Å². The third-order valence-electron chi connectivity index (χ3n) is 2.33. The zero-order valence-corrected chi connectivity index (χ0v) is 11.8. The van der Waals surface area contributed by atoms with Crippen LogP contribution >= 0.6 is 22.6 Å². The van der Waals surface area contributed by atoms with Crippen LogP contribution in [-0.4, -0.2) is 7.05 Å². The van der Waals surface area contributed by atoms with Crippen LogP contribution in [0.1, 0.15) is 5.56 Å². The van der Waals surface area contributed by atoms with Crippen molar-refractivity contribution < 1.29 is 4.74 Å². The van der Waals surface area contributed by atoms with Crippen molar-refractivity contribution in [1.82, 2.24) is 5.32 Å². The van der Waals surface area contributed by atoms with E-state index >= 15 is 0 Å². The topological polar surface area (TPSA) is 21.3 Å². The first-order chi connectivity index (χ1) is 8.28. The average Bonchev–Trinajstić information content (AvgIpc) is 2.33. The molecule has 2 nitrogen and oxygen atoms in total. The van der Waals surface area contributed by atoms with Crippen molar-refractivity contribution in [3.8, 4) is 11.5 Å². The fourth-order valence-electron chi connectivity index (χ4n) is 1.56. The Morgan fingerprint density at radius 2 is 1.82 bits per heavy atom. The van der Waals surface area contributed by atoms with E-state index in [9.17, 15) is 0 Å². The maximum atomic E-state index is 5.79. The molecule has 0 saturated carbocycles. The SMILES string of the molecule is CNCc1cccc(Oc2ccc(I)cc2)c1. The second-order valence-corrected chi connectivity index (χ2v) is 4.98. The molecule has 0 bridgehead atoms. The van der Waals surface area contributed by atoms with E-state index in [0.717, 1.165) is 18.0 Å². The minimum Gasteiger partial charge on any atom is -0.457 e. The summed E-state index contributed by atoms with van der Waals surface area (Å²) in [5.74, 6) is 1.74. The van der Waals surface area contributed by atoms with Gasteiger partial charge in [-0.3, -0.25) is 0 Å². The Hall–Kier alpha value is -1.07. The van der Waals surface area contributed by atoms with Crippen molar-refractivity contribution in [2.45, 2.75) is 6.54 Å². The number of hydrogen-bond donors (Lipinski definition) is 1. The summed E-state index contributed by atoms with van der Waals surface area (Å²) in [6.45, 7) is 0.851. The smallest absolute Gasteiger partial charge is 0.127 e. The van der Waals surface area contributed by atoms with E-state index < -0.39 is 0 Å². The van der Waals surface area contributed by atoms with E-state index in [0.29, 0.717) is 0 Å². The van der Waals surface area contributed by atoms with E-state index in [1.807, 2.05) is 43.4 Å². The number of halogens is 1. The molecule has 0 aromatic heterocycles. The summed E-state index contributed by atoms with van der Waals surface area (Å²) in [7, 11) is 1.94. The lowest BCUT2D eigenvalue weighted by molar-refractivity contribution is 0.481. The van der Waals surface area contributed by atoms with Gasteiger partial charge in [-0.2, -0.15) is 0 Å². The summed E-state index contributed by atoms with van der Waals surface area (Å²) < 4.78 is 7.00. The van der Waals surface area contributed by atoms with E-state index in [2.05, 4.69) is 40.0 Å². The second-order valence-electron chi connectivity index (χ2n) is 3.73. The molecule has 2 aromatic carbocycles. The van der Waals surface area contributed by atoms with Gasteiger partial charge in [0, 0.05) is 10.1 Å². The molecule has 0 spiro atoms. The quantitative estimate of drug-likeness (QED) is 0.856. The van der Waals surface area contributed by atoms with Gasteiger partial charge in [0.25, 0.3) is 0 Å². The lowest BCUT2D eigenvalue weighted by Gasteiger charge is -2.07. The van der Waals surface area contributed by atoms with E-state index in [1.165, 1.54) is 9.13 Å². The maximum Gasteiger partial charge on any atom is 0.127 e. The van der Waals surface area contributed by atoms with Crippen LogP contribution in [0.2, 0.25) is 0 Å². The Morgan fingerprint density at radius 1 is 1.06 bits per heavy atom. The third-order valence-corrected chi connectivity index (χ3v) is 3.05. The van der Waals surface area contributed by atoms with Crippen LogP contribution in [0.25, 0.3) is 0 Å². The number of ether oxygens (including phenoxy) is 1. The lowest BCUT2D eigenvalue weighted by atomic mass is 10.2. The summed E-state index contributed by atoms with van der Waals surface area (Å²) >= 11 is 2.28. The first-order valence-electron chi connectivity index (χ1n) is 5.45. The molecule has 0 heterocycles. The molecule has 2 rings (SSSR count).